The molecule has 7 heteroatoms. The Labute approximate surface area is 175 Å². The number of allylic oxidation sites excluding steroid dienone is 1. The summed E-state index contributed by atoms with van der Waals surface area (Å²) in [6.45, 7) is 7.94. The number of hydrogen-bond acceptors (Lipinski definition) is 4. The highest BCUT2D eigenvalue weighted by molar-refractivity contribution is 5.95. The number of ether oxygens (including phenoxy) is 1. The molecule has 3 rings (SSSR count). The van der Waals surface area contributed by atoms with Crippen LogP contribution in [0.4, 0.5) is 16.2 Å². The first-order valence-corrected chi connectivity index (χ1v) is 9.44. The number of amides is 2. The van der Waals surface area contributed by atoms with Crippen LogP contribution in [0.3, 0.4) is 0 Å². The molecule has 1 unspecified atom stereocenters. The van der Waals surface area contributed by atoms with E-state index in [2.05, 4.69) is 11.9 Å². The number of rotatable bonds is 5. The number of carbonyl (C=O) groups is 3. The number of hydrogen-bond donors (Lipinski definition) is 2. The number of methoxy groups -OCH3 is 1. The third kappa shape index (κ3) is 3.91. The maximum atomic E-state index is 12.3. The first-order chi connectivity index (χ1) is 14.2. The highest BCUT2D eigenvalue weighted by Gasteiger charge is 2.42. The lowest BCUT2D eigenvalue weighted by atomic mass is 9.77. The lowest BCUT2D eigenvalue weighted by Crippen LogP contribution is -2.35. The van der Waals surface area contributed by atoms with E-state index in [1.807, 2.05) is 25.1 Å². The van der Waals surface area contributed by atoms with Gasteiger partial charge in [0, 0.05) is 30.1 Å². The van der Waals surface area contributed by atoms with Gasteiger partial charge in [-0.25, -0.2) is 9.59 Å². The summed E-state index contributed by atoms with van der Waals surface area (Å²) in [5, 5.41) is 12.2. The van der Waals surface area contributed by atoms with Gasteiger partial charge in [-0.15, -0.1) is 0 Å². The van der Waals surface area contributed by atoms with Gasteiger partial charge >= 0.3 is 12.1 Å². The second-order valence-corrected chi connectivity index (χ2v) is 7.66. The van der Waals surface area contributed by atoms with Crippen LogP contribution < -0.4 is 10.2 Å². The molecule has 2 N–H and O–H groups in total. The average molecular weight is 408 g/mol. The summed E-state index contributed by atoms with van der Waals surface area (Å²) < 4.78 is 4.92. The van der Waals surface area contributed by atoms with Gasteiger partial charge in [0.15, 0.2) is 0 Å². The van der Waals surface area contributed by atoms with Crippen LogP contribution in [0, 0.1) is 0 Å². The van der Waals surface area contributed by atoms with Gasteiger partial charge in [-0.2, -0.15) is 0 Å². The number of nitrogens with one attached hydrogen (secondary N) is 1. The summed E-state index contributed by atoms with van der Waals surface area (Å²) in [6, 6.07) is 12.1. The van der Waals surface area contributed by atoms with Gasteiger partial charge < -0.3 is 15.2 Å². The van der Waals surface area contributed by atoms with Crippen molar-refractivity contribution in [1.82, 2.24) is 0 Å². The molecule has 30 heavy (non-hydrogen) atoms. The van der Waals surface area contributed by atoms with E-state index in [0.29, 0.717) is 24.3 Å². The number of nitrogens with zero attached hydrogens (tertiary/aromatic N) is 1. The van der Waals surface area contributed by atoms with Crippen LogP contribution in [0.25, 0.3) is 5.57 Å². The molecule has 156 valence electrons. The fourth-order valence-electron chi connectivity index (χ4n) is 3.99. The summed E-state index contributed by atoms with van der Waals surface area (Å²) in [4.78, 5) is 36.9. The molecular formula is C23H24N2O5. The first-order valence-electron chi connectivity index (χ1n) is 9.44. The normalized spacial score (nSPS) is 17.2. The van der Waals surface area contributed by atoms with E-state index >= 15 is 0 Å². The van der Waals surface area contributed by atoms with E-state index in [1.54, 1.807) is 18.2 Å². The molecule has 7 nitrogen and oxygen atoms in total. The molecule has 1 atom stereocenters. The third-order valence-electron chi connectivity index (χ3n) is 5.31. The SMILES string of the molecule is C=C(CC1(C)CN(C(=O)OC)c2ccc(C(=O)O)cc21)c1ccccc1NC(C)=O. The van der Waals surface area contributed by atoms with Crippen molar-refractivity contribution in [2.24, 2.45) is 0 Å². The second kappa shape index (κ2) is 8.02. The highest BCUT2D eigenvalue weighted by Crippen LogP contribution is 2.46. The van der Waals surface area contributed by atoms with Gasteiger partial charge in [0.1, 0.15) is 0 Å². The minimum absolute atomic E-state index is 0.149. The molecule has 2 aromatic carbocycles. The van der Waals surface area contributed by atoms with Crippen molar-refractivity contribution in [3.05, 3.63) is 65.7 Å². The Morgan fingerprint density at radius 3 is 2.57 bits per heavy atom. The summed E-state index contributed by atoms with van der Waals surface area (Å²) in [6.07, 6.45) is -0.0556. The smallest absolute Gasteiger partial charge is 0.414 e. The fourth-order valence-corrected chi connectivity index (χ4v) is 3.99. The van der Waals surface area contributed by atoms with Crippen molar-refractivity contribution < 1.29 is 24.2 Å². The molecule has 1 aliphatic rings. The molecular weight excluding hydrogens is 384 g/mol. The molecule has 0 fully saturated rings. The Morgan fingerprint density at radius 2 is 1.93 bits per heavy atom. The Hall–Kier alpha value is -3.61. The van der Waals surface area contributed by atoms with Crippen LogP contribution in [-0.2, 0) is 14.9 Å². The summed E-state index contributed by atoms with van der Waals surface area (Å²) >= 11 is 0. The van der Waals surface area contributed by atoms with E-state index < -0.39 is 17.5 Å². The number of benzene rings is 2. The Balaban J connectivity index is 2.01. The monoisotopic (exact) mass is 408 g/mol. The second-order valence-electron chi connectivity index (χ2n) is 7.66. The predicted molar refractivity (Wildman–Crippen MR) is 115 cm³/mol. The number of fused-ring (bicyclic) bond motifs is 1. The zero-order valence-corrected chi connectivity index (χ0v) is 17.2. The molecule has 2 aromatic rings. The lowest BCUT2D eigenvalue weighted by molar-refractivity contribution is -0.114. The van der Waals surface area contributed by atoms with Crippen LogP contribution >= 0.6 is 0 Å². The van der Waals surface area contributed by atoms with Crippen LogP contribution in [0.5, 0.6) is 0 Å². The minimum atomic E-state index is -1.04. The summed E-state index contributed by atoms with van der Waals surface area (Å²) in [5.41, 5.74) is 3.14. The lowest BCUT2D eigenvalue weighted by Gasteiger charge is -2.27. The van der Waals surface area contributed by atoms with Crippen LogP contribution in [-0.4, -0.2) is 36.7 Å². The molecule has 0 aliphatic carbocycles. The quantitative estimate of drug-likeness (QED) is 0.769. The largest absolute Gasteiger partial charge is 0.478 e. The number of anilines is 2. The molecule has 0 aromatic heterocycles. The molecule has 0 saturated carbocycles. The van der Waals surface area contributed by atoms with E-state index in [9.17, 15) is 19.5 Å². The first kappa shape index (κ1) is 21.1. The number of carboxylic acid groups (broad SMARTS) is 1. The van der Waals surface area contributed by atoms with E-state index in [4.69, 9.17) is 4.74 Å². The maximum absolute atomic E-state index is 12.3. The van der Waals surface area contributed by atoms with Gasteiger partial charge in [-0.05, 0) is 41.8 Å². The number of para-hydroxylation sites is 1. The minimum Gasteiger partial charge on any atom is -0.478 e. The molecule has 1 aliphatic heterocycles. The van der Waals surface area contributed by atoms with Crippen LogP contribution in [0.2, 0.25) is 0 Å². The van der Waals surface area contributed by atoms with Crippen LogP contribution in [0.15, 0.2) is 49.0 Å². The molecule has 2 amide bonds. The standard InChI is InChI=1S/C23H24N2O5/c1-14(17-7-5-6-8-19(17)24-15(2)26)12-23(3)13-25(22(29)30-4)20-10-9-16(21(27)28)11-18(20)23/h5-11H,1,12-13H2,2-4H3,(H,24,26)(H,27,28). The highest BCUT2D eigenvalue weighted by atomic mass is 16.5. The fraction of sp³-hybridized carbons (Fsp3) is 0.261. The van der Waals surface area contributed by atoms with E-state index in [-0.39, 0.29) is 11.5 Å². The number of carboxylic acids is 1. The van der Waals surface area contributed by atoms with Crippen molar-refractivity contribution in [3.63, 3.8) is 0 Å². The molecule has 0 bridgehead atoms. The predicted octanol–water partition coefficient (Wildman–Crippen LogP) is 4.29. The van der Waals surface area contributed by atoms with Gasteiger partial charge in [0.2, 0.25) is 5.91 Å². The average Bonchev–Trinajstić information content (AvgIpc) is 2.99. The van der Waals surface area contributed by atoms with Gasteiger partial charge in [0.25, 0.3) is 0 Å². The van der Waals surface area contributed by atoms with Crippen LogP contribution in [0.1, 0.15) is 41.8 Å². The Kier molecular flexibility index (Phi) is 5.64. The molecule has 0 radical (unpaired) electrons. The molecule has 1 heterocycles. The Morgan fingerprint density at radius 1 is 1.23 bits per heavy atom. The zero-order valence-electron chi connectivity index (χ0n) is 17.2. The van der Waals surface area contributed by atoms with Gasteiger partial charge in [-0.1, -0.05) is 31.7 Å². The van der Waals surface area contributed by atoms with Crippen molar-refractivity contribution in [2.75, 3.05) is 23.9 Å². The third-order valence-corrected chi connectivity index (χ3v) is 5.31. The number of carbonyl (C=O) groups excluding carboxylic acids is 2. The van der Waals surface area contributed by atoms with Crippen molar-refractivity contribution in [1.29, 1.82) is 0 Å². The zero-order chi connectivity index (χ0) is 22.1. The number of aromatic carboxylic acids is 1. The summed E-state index contributed by atoms with van der Waals surface area (Å²) in [5.74, 6) is -1.22. The van der Waals surface area contributed by atoms with Crippen molar-refractivity contribution in [3.8, 4) is 0 Å². The van der Waals surface area contributed by atoms with E-state index in [0.717, 1.165) is 16.7 Å². The van der Waals surface area contributed by atoms with Crippen molar-refractivity contribution in [2.45, 2.75) is 25.7 Å². The maximum Gasteiger partial charge on any atom is 0.414 e. The topological polar surface area (TPSA) is 95.9 Å². The Bertz CT molecular complexity index is 1050. The molecule has 0 spiro atoms. The van der Waals surface area contributed by atoms with Gasteiger partial charge in [-0.3, -0.25) is 9.69 Å². The van der Waals surface area contributed by atoms with Gasteiger partial charge in [0.05, 0.1) is 18.4 Å². The molecule has 0 saturated heterocycles. The van der Waals surface area contributed by atoms with E-state index in [1.165, 1.54) is 25.0 Å². The summed E-state index contributed by atoms with van der Waals surface area (Å²) in [7, 11) is 1.31. The van der Waals surface area contributed by atoms with Crippen molar-refractivity contribution >= 4 is 34.9 Å².